The molecule has 0 amide bonds. The van der Waals surface area contributed by atoms with Crippen LogP contribution in [-0.2, 0) is 6.42 Å². The fraction of sp³-hybridized carbons (Fsp3) is 0.237. The molecule has 0 fully saturated rings. The fourth-order valence-electron chi connectivity index (χ4n) is 10.8. The van der Waals surface area contributed by atoms with E-state index in [1.54, 1.807) is 0 Å². The maximum absolute atomic E-state index is 3.50. The molecule has 0 radical (unpaired) electrons. The molecular weight excluding hydrogens is 709 g/mol. The summed E-state index contributed by atoms with van der Waals surface area (Å²) in [5, 5.41) is 8.02. The lowest BCUT2D eigenvalue weighted by Crippen LogP contribution is -2.28. The summed E-state index contributed by atoms with van der Waals surface area (Å²) in [5.41, 5.74) is 25.0. The fourth-order valence-corrected chi connectivity index (χ4v) is 10.8. The molecule has 10 rings (SSSR count). The minimum atomic E-state index is 0.236. The largest absolute Gasteiger partial charge is 0.125 e. The molecule has 0 saturated carbocycles. The van der Waals surface area contributed by atoms with Gasteiger partial charge in [0.1, 0.15) is 0 Å². The Morgan fingerprint density at radius 2 is 1.32 bits per heavy atom. The summed E-state index contributed by atoms with van der Waals surface area (Å²) >= 11 is 0. The Morgan fingerprint density at radius 1 is 0.627 bits per heavy atom. The van der Waals surface area contributed by atoms with Gasteiger partial charge in [0.2, 0.25) is 0 Å². The number of hydrogen-bond donors (Lipinski definition) is 0. The van der Waals surface area contributed by atoms with Gasteiger partial charge in [-0.15, -0.1) is 5.73 Å². The SMILES string of the molecule is CC1=C2c3c4c(cc(-c5c(C(C)C)cc(C(C)C)cc5C(C)C)c3=CCC2c2c1c(-c1ccccc1)c1cc3ccccc3cc1c2C1=CC=CC=CC1)=CC=C=CC4. The molecule has 0 bridgehead atoms. The van der Waals surface area contributed by atoms with E-state index < -0.39 is 0 Å². The molecule has 0 spiro atoms. The van der Waals surface area contributed by atoms with Crippen LogP contribution in [0.25, 0.3) is 72.7 Å². The maximum Gasteiger partial charge on any atom is 0.0146 e. The number of allylic oxidation sites excluding steroid dienone is 9. The third-order valence-electron chi connectivity index (χ3n) is 13.6. The molecule has 1 atom stereocenters. The van der Waals surface area contributed by atoms with Crippen molar-refractivity contribution in [2.75, 3.05) is 0 Å². The van der Waals surface area contributed by atoms with Crippen molar-refractivity contribution in [3.8, 4) is 22.3 Å². The molecule has 4 aliphatic carbocycles. The minimum Gasteiger partial charge on any atom is -0.125 e. The summed E-state index contributed by atoms with van der Waals surface area (Å²) in [4.78, 5) is 0. The van der Waals surface area contributed by atoms with Gasteiger partial charge in [-0.3, -0.25) is 0 Å². The van der Waals surface area contributed by atoms with Gasteiger partial charge >= 0.3 is 0 Å². The molecule has 4 aliphatic rings. The van der Waals surface area contributed by atoms with Crippen molar-refractivity contribution in [1.82, 2.24) is 0 Å². The second-order valence-corrected chi connectivity index (χ2v) is 18.1. The molecule has 0 nitrogen and oxygen atoms in total. The smallest absolute Gasteiger partial charge is 0.0146 e. The maximum atomic E-state index is 3.50. The number of hydrogen-bond acceptors (Lipinski definition) is 0. The first-order chi connectivity index (χ1) is 28.7. The third-order valence-corrected chi connectivity index (χ3v) is 13.6. The predicted molar refractivity (Wildman–Crippen MR) is 256 cm³/mol. The van der Waals surface area contributed by atoms with E-state index in [1.165, 1.54) is 115 Å². The monoisotopic (exact) mass is 762 g/mol. The number of benzene rings is 6. The van der Waals surface area contributed by atoms with Gasteiger partial charge in [0.25, 0.3) is 0 Å². The second-order valence-electron chi connectivity index (χ2n) is 18.1. The molecule has 6 aromatic carbocycles. The Morgan fingerprint density at radius 3 is 2.02 bits per heavy atom. The molecule has 59 heavy (non-hydrogen) atoms. The molecule has 0 aliphatic heterocycles. The lowest BCUT2D eigenvalue weighted by atomic mass is 9.74. The molecule has 0 N–H and O–H groups in total. The third kappa shape index (κ3) is 6.03. The van der Waals surface area contributed by atoms with E-state index in [-0.39, 0.29) is 5.92 Å². The van der Waals surface area contributed by atoms with Crippen LogP contribution in [0.2, 0.25) is 0 Å². The van der Waals surface area contributed by atoms with Crippen LogP contribution in [-0.4, -0.2) is 0 Å². The van der Waals surface area contributed by atoms with Crippen LogP contribution in [0.4, 0.5) is 0 Å². The van der Waals surface area contributed by atoms with E-state index in [0.29, 0.717) is 17.8 Å². The van der Waals surface area contributed by atoms with Crippen molar-refractivity contribution in [3.05, 3.63) is 188 Å². The van der Waals surface area contributed by atoms with Crippen molar-refractivity contribution >= 4 is 50.4 Å². The minimum absolute atomic E-state index is 0.236. The van der Waals surface area contributed by atoms with E-state index in [4.69, 9.17) is 0 Å². The lowest BCUT2D eigenvalue weighted by Gasteiger charge is -2.29. The Hall–Kier alpha value is -5.94. The first-order valence-electron chi connectivity index (χ1n) is 22.0. The van der Waals surface area contributed by atoms with Gasteiger partial charge < -0.3 is 0 Å². The average molecular weight is 763 g/mol. The van der Waals surface area contributed by atoms with Crippen LogP contribution in [0.15, 0.2) is 133 Å². The van der Waals surface area contributed by atoms with Gasteiger partial charge in [-0.2, -0.15) is 0 Å². The van der Waals surface area contributed by atoms with Crippen molar-refractivity contribution in [2.24, 2.45) is 0 Å². The highest BCUT2D eigenvalue weighted by molar-refractivity contribution is 6.18. The number of rotatable bonds is 6. The van der Waals surface area contributed by atoms with Gasteiger partial charge in [0.15, 0.2) is 0 Å². The average Bonchev–Trinajstić information content (AvgIpc) is 3.49. The molecule has 0 aromatic heterocycles. The van der Waals surface area contributed by atoms with Crippen LogP contribution in [0.1, 0.15) is 129 Å². The van der Waals surface area contributed by atoms with Crippen molar-refractivity contribution in [3.63, 3.8) is 0 Å². The standard InChI is InChI=1S/C59H54/c1-35(2)44-33-48(36(3)4)57(49(34-44)37(5)6)50-32-43-26-16-11-17-27-45(43)58-46(50)28-29-47-53(58)38(7)54-55(39-22-14-10-15-23-39)51-30-41-24-18-19-25-42(41)31-52(51)56(59(47)54)40-20-12-8-9-13-21-40/h8-10,12-20,22-26,28,30-37,47H,21,27,29H2,1-7H3. The summed E-state index contributed by atoms with van der Waals surface area (Å²) in [6, 6.07) is 32.7. The van der Waals surface area contributed by atoms with Crippen molar-refractivity contribution in [1.29, 1.82) is 0 Å². The molecule has 1 unspecified atom stereocenters. The van der Waals surface area contributed by atoms with Crippen molar-refractivity contribution in [2.45, 2.75) is 91.4 Å². The zero-order chi connectivity index (χ0) is 40.5. The van der Waals surface area contributed by atoms with Crippen LogP contribution >= 0.6 is 0 Å². The quantitative estimate of drug-likeness (QED) is 0.117. The molecule has 0 saturated heterocycles. The van der Waals surface area contributed by atoms with Gasteiger partial charge in [0.05, 0.1) is 0 Å². The summed E-state index contributed by atoms with van der Waals surface area (Å²) in [6.07, 6.45) is 23.4. The van der Waals surface area contributed by atoms with Crippen LogP contribution in [0, 0.1) is 0 Å². The predicted octanol–water partition coefficient (Wildman–Crippen LogP) is 14.9. The Labute approximate surface area is 350 Å². The van der Waals surface area contributed by atoms with Crippen LogP contribution < -0.4 is 10.4 Å². The Bertz CT molecular complexity index is 3040. The highest BCUT2D eigenvalue weighted by Gasteiger charge is 2.39. The first-order valence-corrected chi connectivity index (χ1v) is 22.0. The summed E-state index contributed by atoms with van der Waals surface area (Å²) in [7, 11) is 0. The second kappa shape index (κ2) is 14.7. The zero-order valence-electron chi connectivity index (χ0n) is 35.7. The number of fused-ring (bicyclic) bond motifs is 9. The van der Waals surface area contributed by atoms with E-state index in [9.17, 15) is 0 Å². The highest BCUT2D eigenvalue weighted by Crippen LogP contribution is 2.58. The normalized spacial score (nSPS) is 16.6. The van der Waals surface area contributed by atoms with Gasteiger partial charge in [0, 0.05) is 5.92 Å². The Kier molecular flexibility index (Phi) is 9.31. The molecule has 0 heteroatoms. The molecular formula is C59H54. The van der Waals surface area contributed by atoms with Gasteiger partial charge in [-0.25, -0.2) is 0 Å². The van der Waals surface area contributed by atoms with E-state index in [0.717, 1.165) is 19.3 Å². The summed E-state index contributed by atoms with van der Waals surface area (Å²) in [5.74, 6) is 1.49. The van der Waals surface area contributed by atoms with Gasteiger partial charge in [-0.05, 0) is 196 Å². The topological polar surface area (TPSA) is 0 Å². The van der Waals surface area contributed by atoms with Crippen LogP contribution in [0.5, 0.6) is 0 Å². The van der Waals surface area contributed by atoms with E-state index in [2.05, 4.69) is 194 Å². The zero-order valence-corrected chi connectivity index (χ0v) is 35.7. The molecule has 0 heterocycles. The van der Waals surface area contributed by atoms with E-state index >= 15 is 0 Å². The lowest BCUT2D eigenvalue weighted by molar-refractivity contribution is 0.807. The first kappa shape index (κ1) is 37.3. The Balaban J connectivity index is 1.36. The summed E-state index contributed by atoms with van der Waals surface area (Å²) < 4.78 is 0. The molecule has 290 valence electrons. The highest BCUT2D eigenvalue weighted by atomic mass is 14.4. The van der Waals surface area contributed by atoms with Crippen LogP contribution in [0.3, 0.4) is 0 Å². The molecule has 6 aromatic rings. The van der Waals surface area contributed by atoms with Crippen molar-refractivity contribution < 1.29 is 0 Å². The van der Waals surface area contributed by atoms with E-state index in [1.807, 2.05) is 0 Å². The van der Waals surface area contributed by atoms with Gasteiger partial charge in [-0.1, -0.05) is 145 Å². The summed E-state index contributed by atoms with van der Waals surface area (Å²) in [6.45, 7) is 16.7.